The molecule has 1 saturated carbocycles. The number of hydrogen-bond acceptors (Lipinski definition) is 2. The van der Waals surface area contributed by atoms with Crippen LogP contribution in [0.3, 0.4) is 0 Å². The summed E-state index contributed by atoms with van der Waals surface area (Å²) in [4.78, 5) is 23.5. The number of amides is 2. The fraction of sp³-hybridized carbons (Fsp3) is 0.500. The molecule has 108 valence electrons. The van der Waals surface area contributed by atoms with Crippen LogP contribution < -0.4 is 11.1 Å². The molecule has 4 nitrogen and oxygen atoms in total. The molecule has 1 aliphatic carbocycles. The summed E-state index contributed by atoms with van der Waals surface area (Å²) in [5, 5.41) is 2.74. The van der Waals surface area contributed by atoms with E-state index < -0.39 is 11.9 Å². The van der Waals surface area contributed by atoms with Gasteiger partial charge in [0.15, 0.2) is 0 Å². The third-order valence-electron chi connectivity index (χ3n) is 3.98. The van der Waals surface area contributed by atoms with Gasteiger partial charge in [0.2, 0.25) is 11.8 Å². The zero-order valence-corrected chi connectivity index (χ0v) is 11.7. The molecule has 4 heteroatoms. The summed E-state index contributed by atoms with van der Waals surface area (Å²) in [7, 11) is 0. The molecule has 0 radical (unpaired) electrons. The van der Waals surface area contributed by atoms with Gasteiger partial charge in [0.05, 0.1) is 0 Å². The van der Waals surface area contributed by atoms with Gasteiger partial charge in [0.1, 0.15) is 6.04 Å². The van der Waals surface area contributed by atoms with Crippen molar-refractivity contribution in [1.82, 2.24) is 5.32 Å². The van der Waals surface area contributed by atoms with E-state index in [9.17, 15) is 9.59 Å². The average molecular weight is 274 g/mol. The molecule has 2 rings (SSSR count). The monoisotopic (exact) mass is 274 g/mol. The van der Waals surface area contributed by atoms with Crippen molar-refractivity contribution in [2.24, 2.45) is 11.7 Å². The number of carbonyl (C=O) groups excluding carboxylic acids is 2. The molecule has 2 amide bonds. The van der Waals surface area contributed by atoms with Crippen molar-refractivity contribution in [2.45, 2.75) is 44.6 Å². The summed E-state index contributed by atoms with van der Waals surface area (Å²) in [5.41, 5.74) is 6.11. The second-order valence-corrected chi connectivity index (χ2v) is 5.50. The first kappa shape index (κ1) is 14.6. The number of carbonyl (C=O) groups is 2. The molecule has 0 aromatic heterocycles. The van der Waals surface area contributed by atoms with Gasteiger partial charge < -0.3 is 11.1 Å². The van der Waals surface area contributed by atoms with E-state index >= 15 is 0 Å². The van der Waals surface area contributed by atoms with E-state index in [1.54, 1.807) is 12.1 Å². The van der Waals surface area contributed by atoms with Crippen LogP contribution in [-0.4, -0.2) is 11.8 Å². The molecule has 20 heavy (non-hydrogen) atoms. The SMILES string of the molecule is NC(=O)[C@@H](NC(=O)CCC1CCCC1)c1ccccc1. The van der Waals surface area contributed by atoms with Gasteiger partial charge in [-0.1, -0.05) is 56.0 Å². The number of nitrogens with one attached hydrogen (secondary N) is 1. The summed E-state index contributed by atoms with van der Waals surface area (Å²) in [5.74, 6) is 0.0551. The highest BCUT2D eigenvalue weighted by Gasteiger charge is 2.21. The summed E-state index contributed by atoms with van der Waals surface area (Å²) in [6, 6.07) is 8.39. The number of primary amides is 1. The van der Waals surface area contributed by atoms with E-state index in [-0.39, 0.29) is 5.91 Å². The molecule has 0 aliphatic heterocycles. The fourth-order valence-electron chi connectivity index (χ4n) is 2.83. The van der Waals surface area contributed by atoms with Gasteiger partial charge >= 0.3 is 0 Å². The Labute approximate surface area is 119 Å². The van der Waals surface area contributed by atoms with Crippen LogP contribution in [0.4, 0.5) is 0 Å². The second-order valence-electron chi connectivity index (χ2n) is 5.50. The maximum Gasteiger partial charge on any atom is 0.244 e. The lowest BCUT2D eigenvalue weighted by Gasteiger charge is -2.16. The lowest BCUT2D eigenvalue weighted by Crippen LogP contribution is -2.37. The van der Waals surface area contributed by atoms with Crippen molar-refractivity contribution in [3.8, 4) is 0 Å². The Morgan fingerprint density at radius 2 is 1.85 bits per heavy atom. The van der Waals surface area contributed by atoms with Gasteiger partial charge in [-0.3, -0.25) is 9.59 Å². The van der Waals surface area contributed by atoms with E-state index in [4.69, 9.17) is 5.73 Å². The van der Waals surface area contributed by atoms with Crippen LogP contribution in [0, 0.1) is 5.92 Å². The lowest BCUT2D eigenvalue weighted by atomic mass is 10.0. The quantitative estimate of drug-likeness (QED) is 0.835. The van der Waals surface area contributed by atoms with E-state index in [2.05, 4.69) is 5.32 Å². The largest absolute Gasteiger partial charge is 0.368 e. The molecular weight excluding hydrogens is 252 g/mol. The Morgan fingerprint density at radius 1 is 1.20 bits per heavy atom. The van der Waals surface area contributed by atoms with Gasteiger partial charge in [-0.05, 0) is 17.9 Å². The average Bonchev–Trinajstić information content (AvgIpc) is 2.96. The van der Waals surface area contributed by atoms with Crippen molar-refractivity contribution in [1.29, 1.82) is 0 Å². The highest BCUT2D eigenvalue weighted by atomic mass is 16.2. The van der Waals surface area contributed by atoms with E-state index in [0.717, 1.165) is 12.0 Å². The van der Waals surface area contributed by atoms with Crippen LogP contribution in [0.5, 0.6) is 0 Å². The Kier molecular flexibility index (Phi) is 5.16. The Morgan fingerprint density at radius 3 is 2.45 bits per heavy atom. The zero-order chi connectivity index (χ0) is 14.4. The van der Waals surface area contributed by atoms with Crippen LogP contribution in [0.15, 0.2) is 30.3 Å². The highest BCUT2D eigenvalue weighted by molar-refractivity contribution is 5.87. The molecule has 0 unspecified atom stereocenters. The molecule has 1 aliphatic rings. The zero-order valence-electron chi connectivity index (χ0n) is 11.7. The van der Waals surface area contributed by atoms with Gasteiger partial charge in [-0.25, -0.2) is 0 Å². The Bertz CT molecular complexity index is 453. The van der Waals surface area contributed by atoms with Gasteiger partial charge in [-0.15, -0.1) is 0 Å². The summed E-state index contributed by atoms with van der Waals surface area (Å²) >= 11 is 0. The first-order chi connectivity index (χ1) is 9.66. The van der Waals surface area contributed by atoms with E-state index in [1.807, 2.05) is 18.2 Å². The van der Waals surface area contributed by atoms with E-state index in [0.29, 0.717) is 12.3 Å². The number of rotatable bonds is 6. The van der Waals surface area contributed by atoms with Gasteiger partial charge in [0.25, 0.3) is 0 Å². The third kappa shape index (κ3) is 4.08. The molecule has 1 atom stereocenters. The van der Waals surface area contributed by atoms with Crippen molar-refractivity contribution >= 4 is 11.8 Å². The summed E-state index contributed by atoms with van der Waals surface area (Å²) in [6.07, 6.45) is 6.39. The fourth-order valence-corrected chi connectivity index (χ4v) is 2.83. The van der Waals surface area contributed by atoms with Crippen molar-refractivity contribution in [3.05, 3.63) is 35.9 Å². The molecular formula is C16H22N2O2. The molecule has 0 saturated heterocycles. The first-order valence-corrected chi connectivity index (χ1v) is 7.30. The van der Waals surface area contributed by atoms with Crippen LogP contribution in [0.25, 0.3) is 0 Å². The molecule has 1 aromatic rings. The molecule has 3 N–H and O–H groups in total. The van der Waals surface area contributed by atoms with Gasteiger partial charge in [0, 0.05) is 6.42 Å². The van der Waals surface area contributed by atoms with Crippen LogP contribution in [-0.2, 0) is 9.59 Å². The maximum atomic E-state index is 12.0. The Balaban J connectivity index is 1.87. The van der Waals surface area contributed by atoms with E-state index in [1.165, 1.54) is 25.7 Å². The predicted octanol–water partition coefficient (Wildman–Crippen LogP) is 2.30. The van der Waals surface area contributed by atoms with Crippen molar-refractivity contribution in [2.75, 3.05) is 0 Å². The van der Waals surface area contributed by atoms with Crippen molar-refractivity contribution < 1.29 is 9.59 Å². The standard InChI is InChI=1S/C16H22N2O2/c17-16(20)15(13-8-2-1-3-9-13)18-14(19)11-10-12-6-4-5-7-12/h1-3,8-9,12,15H,4-7,10-11H2,(H2,17,20)(H,18,19)/t15-/m0/s1. The predicted molar refractivity (Wildman–Crippen MR) is 77.7 cm³/mol. The minimum absolute atomic E-state index is 0.0930. The van der Waals surface area contributed by atoms with Crippen LogP contribution in [0.2, 0.25) is 0 Å². The Hall–Kier alpha value is -1.84. The number of benzene rings is 1. The minimum atomic E-state index is -0.729. The minimum Gasteiger partial charge on any atom is -0.368 e. The van der Waals surface area contributed by atoms with Crippen molar-refractivity contribution in [3.63, 3.8) is 0 Å². The smallest absolute Gasteiger partial charge is 0.244 e. The molecule has 1 aromatic carbocycles. The molecule has 0 heterocycles. The highest BCUT2D eigenvalue weighted by Crippen LogP contribution is 2.28. The summed E-state index contributed by atoms with van der Waals surface area (Å²) < 4.78 is 0. The number of nitrogens with two attached hydrogens (primary N) is 1. The topological polar surface area (TPSA) is 72.2 Å². The lowest BCUT2D eigenvalue weighted by molar-refractivity contribution is -0.127. The first-order valence-electron chi connectivity index (χ1n) is 7.30. The maximum absolute atomic E-state index is 12.0. The molecule has 0 bridgehead atoms. The van der Waals surface area contributed by atoms with Crippen LogP contribution in [0.1, 0.15) is 50.1 Å². The van der Waals surface area contributed by atoms with Gasteiger partial charge in [-0.2, -0.15) is 0 Å². The second kappa shape index (κ2) is 7.08. The molecule has 0 spiro atoms. The number of hydrogen-bond donors (Lipinski definition) is 2. The summed E-state index contributed by atoms with van der Waals surface area (Å²) in [6.45, 7) is 0. The molecule has 1 fully saturated rings. The van der Waals surface area contributed by atoms with Crippen LogP contribution >= 0.6 is 0 Å². The normalized spacial score (nSPS) is 16.8. The third-order valence-corrected chi connectivity index (χ3v) is 3.98.